The van der Waals surface area contributed by atoms with Crippen molar-refractivity contribution in [2.24, 2.45) is 0 Å². The Morgan fingerprint density at radius 3 is 2.88 bits per heavy atom. The first kappa shape index (κ1) is 16.5. The molecule has 2 aliphatic rings. The van der Waals surface area contributed by atoms with E-state index in [0.29, 0.717) is 25.6 Å². The first-order valence-electron chi connectivity index (χ1n) is 8.82. The molecule has 0 saturated carbocycles. The van der Waals surface area contributed by atoms with E-state index in [0.717, 1.165) is 24.5 Å². The van der Waals surface area contributed by atoms with Crippen LogP contribution in [0.4, 0.5) is 5.82 Å². The number of rotatable bonds is 3. The monoisotopic (exact) mass is 358 g/mol. The third kappa shape index (κ3) is 3.52. The fourth-order valence-electron chi connectivity index (χ4n) is 3.44. The van der Waals surface area contributed by atoms with Crippen LogP contribution in [0.15, 0.2) is 29.1 Å². The van der Waals surface area contributed by atoms with Crippen molar-refractivity contribution in [2.45, 2.75) is 25.3 Å². The van der Waals surface area contributed by atoms with Gasteiger partial charge < -0.3 is 14.5 Å². The molecule has 0 aliphatic carbocycles. The van der Waals surface area contributed by atoms with E-state index < -0.39 is 0 Å². The molecule has 1 amide bonds. The van der Waals surface area contributed by atoms with Crippen LogP contribution in [0.2, 0.25) is 0 Å². The Balaban J connectivity index is 1.59. The predicted octanol–water partition coefficient (Wildman–Crippen LogP) is 2.74. The van der Waals surface area contributed by atoms with E-state index in [-0.39, 0.29) is 11.9 Å². The van der Waals surface area contributed by atoms with Crippen LogP contribution in [0.25, 0.3) is 0 Å². The predicted molar refractivity (Wildman–Crippen MR) is 97.0 cm³/mol. The van der Waals surface area contributed by atoms with Gasteiger partial charge in [-0.3, -0.25) is 4.79 Å². The van der Waals surface area contributed by atoms with Gasteiger partial charge in [-0.05, 0) is 36.8 Å². The molecule has 0 aromatic carbocycles. The second kappa shape index (κ2) is 7.49. The van der Waals surface area contributed by atoms with Crippen LogP contribution < -0.4 is 4.90 Å². The number of thiophene rings is 1. The lowest BCUT2D eigenvalue weighted by Crippen LogP contribution is -2.44. The van der Waals surface area contributed by atoms with Crippen LogP contribution in [-0.4, -0.2) is 53.6 Å². The maximum atomic E-state index is 12.8. The molecule has 1 atom stereocenters. The largest absolute Gasteiger partial charge is 0.377 e. The summed E-state index contributed by atoms with van der Waals surface area (Å²) in [6.45, 7) is 3.64. The van der Waals surface area contributed by atoms with Gasteiger partial charge in [0.05, 0.1) is 18.8 Å². The Hall–Kier alpha value is -1.99. The zero-order valence-corrected chi connectivity index (χ0v) is 15.0. The summed E-state index contributed by atoms with van der Waals surface area (Å²) in [4.78, 5) is 26.2. The molecule has 6 nitrogen and oxygen atoms in total. The number of piperidine rings is 1. The van der Waals surface area contributed by atoms with Crippen molar-refractivity contribution in [3.63, 3.8) is 0 Å². The average molecular weight is 358 g/mol. The normalized spacial score (nSPS) is 21.4. The molecule has 7 heteroatoms. The van der Waals surface area contributed by atoms with E-state index in [1.54, 1.807) is 6.20 Å². The van der Waals surface area contributed by atoms with Gasteiger partial charge in [0, 0.05) is 31.2 Å². The second-order valence-corrected chi connectivity index (χ2v) is 7.20. The minimum absolute atomic E-state index is 0.0292. The van der Waals surface area contributed by atoms with Gasteiger partial charge in [0.1, 0.15) is 11.9 Å². The molecule has 4 rings (SSSR count). The van der Waals surface area contributed by atoms with Gasteiger partial charge in [0.25, 0.3) is 5.91 Å². The molecule has 2 fully saturated rings. The number of hydrogen-bond donors (Lipinski definition) is 0. The number of anilines is 1. The van der Waals surface area contributed by atoms with E-state index in [1.165, 1.54) is 30.6 Å². The molecule has 0 radical (unpaired) electrons. The first-order valence-corrected chi connectivity index (χ1v) is 9.76. The molecule has 1 unspecified atom stereocenters. The van der Waals surface area contributed by atoms with Gasteiger partial charge in [0.2, 0.25) is 0 Å². The van der Waals surface area contributed by atoms with Crippen molar-refractivity contribution in [2.75, 3.05) is 37.7 Å². The highest BCUT2D eigenvalue weighted by Gasteiger charge is 2.32. The van der Waals surface area contributed by atoms with Gasteiger partial charge in [-0.2, -0.15) is 11.3 Å². The van der Waals surface area contributed by atoms with Crippen LogP contribution in [0.3, 0.4) is 0 Å². The van der Waals surface area contributed by atoms with Gasteiger partial charge in [-0.1, -0.05) is 0 Å². The molecular formula is C18H22N4O2S. The molecule has 2 aromatic rings. The van der Waals surface area contributed by atoms with Crippen molar-refractivity contribution in [3.8, 4) is 0 Å². The molecule has 25 heavy (non-hydrogen) atoms. The summed E-state index contributed by atoms with van der Waals surface area (Å²) in [6, 6.07) is 3.60. The number of carbonyl (C=O) groups excluding carboxylic acids is 1. The summed E-state index contributed by atoms with van der Waals surface area (Å²) < 4.78 is 5.63. The van der Waals surface area contributed by atoms with Crippen LogP contribution in [0.1, 0.15) is 41.5 Å². The van der Waals surface area contributed by atoms with Crippen LogP contribution >= 0.6 is 11.3 Å². The van der Waals surface area contributed by atoms with Crippen LogP contribution in [0, 0.1) is 0 Å². The first-order chi connectivity index (χ1) is 12.3. The molecule has 2 aromatic heterocycles. The zero-order valence-electron chi connectivity index (χ0n) is 14.1. The van der Waals surface area contributed by atoms with Crippen LogP contribution in [-0.2, 0) is 4.74 Å². The third-order valence-corrected chi connectivity index (χ3v) is 5.48. The number of aromatic nitrogens is 2. The van der Waals surface area contributed by atoms with E-state index in [1.807, 2.05) is 27.8 Å². The van der Waals surface area contributed by atoms with Crippen molar-refractivity contribution in [3.05, 3.63) is 40.5 Å². The number of ether oxygens (including phenoxy) is 1. The number of nitrogens with zero attached hydrogens (tertiary/aromatic N) is 4. The highest BCUT2D eigenvalue weighted by atomic mass is 32.1. The summed E-state index contributed by atoms with van der Waals surface area (Å²) in [7, 11) is 0. The Bertz CT molecular complexity index is 716. The smallest absolute Gasteiger partial charge is 0.255 e. The lowest BCUT2D eigenvalue weighted by Gasteiger charge is -2.35. The molecule has 0 spiro atoms. The summed E-state index contributed by atoms with van der Waals surface area (Å²) >= 11 is 1.53. The van der Waals surface area contributed by atoms with Gasteiger partial charge in [-0.25, -0.2) is 9.97 Å². The van der Waals surface area contributed by atoms with Crippen molar-refractivity contribution >= 4 is 23.1 Å². The van der Waals surface area contributed by atoms with Crippen LogP contribution in [0.5, 0.6) is 0 Å². The summed E-state index contributed by atoms with van der Waals surface area (Å²) in [5.41, 5.74) is 0.726. The molecular weight excluding hydrogens is 336 g/mol. The van der Waals surface area contributed by atoms with Gasteiger partial charge in [0.15, 0.2) is 5.82 Å². The lowest BCUT2D eigenvalue weighted by atomic mass is 10.1. The molecule has 2 saturated heterocycles. The van der Waals surface area contributed by atoms with E-state index in [2.05, 4.69) is 9.88 Å². The maximum absolute atomic E-state index is 12.8. The topological polar surface area (TPSA) is 58.6 Å². The summed E-state index contributed by atoms with van der Waals surface area (Å²) in [6.07, 6.45) is 5.49. The fraction of sp³-hybridized carbons (Fsp3) is 0.500. The lowest BCUT2D eigenvalue weighted by molar-refractivity contribution is -0.00517. The third-order valence-electron chi connectivity index (χ3n) is 4.80. The Labute approximate surface area is 151 Å². The molecule has 132 valence electrons. The van der Waals surface area contributed by atoms with E-state index >= 15 is 0 Å². The van der Waals surface area contributed by atoms with E-state index in [9.17, 15) is 4.79 Å². The summed E-state index contributed by atoms with van der Waals surface area (Å²) in [5.74, 6) is 1.66. The SMILES string of the molecule is O=C(c1ccsc1)N1CCOCC1c1nccc(N2CCCCC2)n1. The average Bonchev–Trinajstić information content (AvgIpc) is 3.23. The Morgan fingerprint density at radius 1 is 1.20 bits per heavy atom. The van der Waals surface area contributed by atoms with Crippen molar-refractivity contribution < 1.29 is 9.53 Å². The van der Waals surface area contributed by atoms with Gasteiger partial charge >= 0.3 is 0 Å². The number of amides is 1. The minimum atomic E-state index is -0.231. The number of carbonyl (C=O) groups is 1. The quantitative estimate of drug-likeness (QED) is 0.844. The number of hydrogen-bond acceptors (Lipinski definition) is 6. The standard InChI is InChI=1S/C18H22N4O2S/c23-18(14-5-11-25-13-14)22-9-10-24-12-15(22)17-19-6-4-16(20-17)21-7-2-1-3-8-21/h4-6,11,13,15H,1-3,7-10,12H2. The van der Waals surface area contributed by atoms with Crippen molar-refractivity contribution in [1.82, 2.24) is 14.9 Å². The maximum Gasteiger partial charge on any atom is 0.255 e. The minimum Gasteiger partial charge on any atom is -0.377 e. The highest BCUT2D eigenvalue weighted by Crippen LogP contribution is 2.26. The Morgan fingerprint density at radius 2 is 2.08 bits per heavy atom. The van der Waals surface area contributed by atoms with Gasteiger partial charge in [-0.15, -0.1) is 0 Å². The molecule has 0 bridgehead atoms. The Kier molecular flexibility index (Phi) is 4.94. The molecule has 2 aliphatic heterocycles. The van der Waals surface area contributed by atoms with E-state index in [4.69, 9.17) is 9.72 Å². The van der Waals surface area contributed by atoms with Crippen molar-refractivity contribution in [1.29, 1.82) is 0 Å². The fourth-order valence-corrected chi connectivity index (χ4v) is 4.07. The number of morpholine rings is 1. The zero-order chi connectivity index (χ0) is 17.1. The molecule has 0 N–H and O–H groups in total. The molecule has 4 heterocycles. The highest BCUT2D eigenvalue weighted by molar-refractivity contribution is 7.08. The second-order valence-electron chi connectivity index (χ2n) is 6.42. The summed E-state index contributed by atoms with van der Waals surface area (Å²) in [5, 5.41) is 3.82.